The first-order valence-electron chi connectivity index (χ1n) is 5.65. The van der Waals surface area contributed by atoms with Gasteiger partial charge in [-0.25, -0.2) is 0 Å². The lowest BCUT2D eigenvalue weighted by Crippen LogP contribution is -2.38. The average Bonchev–Trinajstić information content (AvgIpc) is 2.59. The molecule has 0 unspecified atom stereocenters. The summed E-state index contributed by atoms with van der Waals surface area (Å²) in [6.45, 7) is 2.99. The molecule has 1 aromatic carbocycles. The Balaban J connectivity index is 2.35. The molecule has 0 aromatic heterocycles. The largest absolute Gasteiger partial charge is 0.497 e. The van der Waals surface area contributed by atoms with Crippen LogP contribution in [0.4, 0.5) is 0 Å². The maximum Gasteiger partial charge on any atom is 0.119 e. The van der Waals surface area contributed by atoms with Crippen LogP contribution < -0.4 is 4.74 Å². The average molecular weight is 221 g/mol. The van der Waals surface area contributed by atoms with Crippen molar-refractivity contribution in [1.29, 1.82) is 0 Å². The predicted octanol–water partition coefficient (Wildman–Crippen LogP) is 1.61. The lowest BCUT2D eigenvalue weighted by atomic mass is 9.87. The molecule has 1 aliphatic heterocycles. The van der Waals surface area contributed by atoms with Gasteiger partial charge in [0.05, 0.1) is 7.11 Å². The van der Waals surface area contributed by atoms with Gasteiger partial charge in [-0.15, -0.1) is 0 Å². The fourth-order valence-electron chi connectivity index (χ4n) is 2.39. The number of hydrogen-bond donors (Lipinski definition) is 1. The lowest BCUT2D eigenvalue weighted by molar-refractivity contribution is 0.0107. The van der Waals surface area contributed by atoms with Crippen molar-refractivity contribution in [3.05, 3.63) is 29.8 Å². The summed E-state index contributed by atoms with van der Waals surface area (Å²) in [4.78, 5) is 2.18. The zero-order valence-corrected chi connectivity index (χ0v) is 10.1. The van der Waals surface area contributed by atoms with Crippen LogP contribution in [-0.2, 0) is 5.60 Å². The molecule has 1 N–H and O–H groups in total. The van der Waals surface area contributed by atoms with Crippen molar-refractivity contribution in [2.75, 3.05) is 20.7 Å². The molecule has 3 heteroatoms. The summed E-state index contributed by atoms with van der Waals surface area (Å²) in [7, 11) is 3.69. The minimum atomic E-state index is -0.747. The van der Waals surface area contributed by atoms with Crippen LogP contribution in [-0.4, -0.2) is 36.8 Å². The molecule has 88 valence electrons. The summed E-state index contributed by atoms with van der Waals surface area (Å²) in [6, 6.07) is 7.86. The zero-order chi connectivity index (χ0) is 11.8. The molecular weight excluding hydrogens is 202 g/mol. The number of hydrogen-bond acceptors (Lipinski definition) is 3. The SMILES string of the molecule is COc1cccc([C@]2(O)CCN(C)[C@H]2C)c1. The number of likely N-dealkylation sites (N-methyl/N-ethyl adjacent to an activating group) is 1. The summed E-state index contributed by atoms with van der Waals surface area (Å²) >= 11 is 0. The van der Waals surface area contributed by atoms with Gasteiger partial charge >= 0.3 is 0 Å². The molecule has 0 amide bonds. The van der Waals surface area contributed by atoms with Gasteiger partial charge in [-0.05, 0) is 38.1 Å². The van der Waals surface area contributed by atoms with Crippen molar-refractivity contribution in [2.45, 2.75) is 25.0 Å². The molecule has 1 aromatic rings. The van der Waals surface area contributed by atoms with E-state index in [4.69, 9.17) is 4.74 Å². The zero-order valence-electron chi connectivity index (χ0n) is 10.1. The maximum absolute atomic E-state index is 10.7. The van der Waals surface area contributed by atoms with Gasteiger partial charge in [-0.1, -0.05) is 12.1 Å². The predicted molar refractivity (Wildman–Crippen MR) is 63.6 cm³/mol. The van der Waals surface area contributed by atoms with Crippen LogP contribution in [0.3, 0.4) is 0 Å². The van der Waals surface area contributed by atoms with Crippen LogP contribution >= 0.6 is 0 Å². The monoisotopic (exact) mass is 221 g/mol. The molecule has 1 heterocycles. The number of ether oxygens (including phenoxy) is 1. The Kier molecular flexibility index (Phi) is 2.91. The summed E-state index contributed by atoms with van der Waals surface area (Å²) in [5.74, 6) is 0.799. The van der Waals surface area contributed by atoms with Crippen molar-refractivity contribution < 1.29 is 9.84 Å². The molecule has 16 heavy (non-hydrogen) atoms. The second-order valence-electron chi connectivity index (χ2n) is 4.56. The number of likely N-dealkylation sites (tertiary alicyclic amines) is 1. The van der Waals surface area contributed by atoms with E-state index in [1.807, 2.05) is 31.3 Å². The van der Waals surface area contributed by atoms with E-state index in [9.17, 15) is 5.11 Å². The molecule has 1 saturated heterocycles. The molecule has 0 aliphatic carbocycles. The quantitative estimate of drug-likeness (QED) is 0.823. The second kappa shape index (κ2) is 4.07. The second-order valence-corrected chi connectivity index (χ2v) is 4.56. The van der Waals surface area contributed by atoms with Crippen LogP contribution in [0.5, 0.6) is 5.75 Å². The summed E-state index contributed by atoms with van der Waals surface area (Å²) in [5, 5.41) is 10.7. The molecule has 2 rings (SSSR count). The minimum Gasteiger partial charge on any atom is -0.497 e. The van der Waals surface area contributed by atoms with Crippen molar-refractivity contribution in [3.63, 3.8) is 0 Å². The fourth-order valence-corrected chi connectivity index (χ4v) is 2.39. The third-order valence-electron chi connectivity index (χ3n) is 3.77. The standard InChI is InChI=1S/C13H19NO2/c1-10-13(15,7-8-14(10)2)11-5-4-6-12(9-11)16-3/h4-6,9-10,15H,7-8H2,1-3H3/t10-,13-/m0/s1. The third-order valence-corrected chi connectivity index (χ3v) is 3.77. The van der Waals surface area contributed by atoms with E-state index in [0.29, 0.717) is 0 Å². The van der Waals surface area contributed by atoms with Crippen LogP contribution in [0.15, 0.2) is 24.3 Å². The van der Waals surface area contributed by atoms with E-state index in [1.165, 1.54) is 0 Å². The lowest BCUT2D eigenvalue weighted by Gasteiger charge is -2.30. The van der Waals surface area contributed by atoms with Crippen LogP contribution in [0.1, 0.15) is 18.9 Å². The molecule has 0 bridgehead atoms. The first kappa shape index (κ1) is 11.4. The van der Waals surface area contributed by atoms with Crippen molar-refractivity contribution in [2.24, 2.45) is 0 Å². The van der Waals surface area contributed by atoms with Gasteiger partial charge in [0.15, 0.2) is 0 Å². The first-order chi connectivity index (χ1) is 7.58. The first-order valence-corrected chi connectivity index (χ1v) is 5.65. The molecular formula is C13H19NO2. The summed E-state index contributed by atoms with van der Waals surface area (Å²) in [6.07, 6.45) is 0.776. The summed E-state index contributed by atoms with van der Waals surface area (Å²) in [5.41, 5.74) is 0.201. The Hall–Kier alpha value is -1.06. The molecule has 1 fully saturated rings. The normalized spacial score (nSPS) is 30.6. The van der Waals surface area contributed by atoms with Gasteiger partial charge < -0.3 is 14.7 Å². The van der Waals surface area contributed by atoms with E-state index in [0.717, 1.165) is 24.3 Å². The number of rotatable bonds is 2. The highest BCUT2D eigenvalue weighted by atomic mass is 16.5. The van der Waals surface area contributed by atoms with Crippen LogP contribution in [0.25, 0.3) is 0 Å². The highest BCUT2D eigenvalue weighted by molar-refractivity contribution is 5.34. The molecule has 0 spiro atoms. The Bertz CT molecular complexity index is 380. The van der Waals surface area contributed by atoms with E-state index >= 15 is 0 Å². The van der Waals surface area contributed by atoms with E-state index in [-0.39, 0.29) is 6.04 Å². The van der Waals surface area contributed by atoms with Crippen molar-refractivity contribution >= 4 is 0 Å². The number of aliphatic hydroxyl groups is 1. The molecule has 0 radical (unpaired) electrons. The fraction of sp³-hybridized carbons (Fsp3) is 0.538. The Labute approximate surface area is 96.6 Å². The highest BCUT2D eigenvalue weighted by Crippen LogP contribution is 2.37. The van der Waals surface area contributed by atoms with E-state index in [1.54, 1.807) is 7.11 Å². The molecule has 3 nitrogen and oxygen atoms in total. The Morgan fingerprint density at radius 2 is 2.25 bits per heavy atom. The van der Waals surface area contributed by atoms with Gasteiger partial charge in [-0.2, -0.15) is 0 Å². The van der Waals surface area contributed by atoms with E-state index in [2.05, 4.69) is 11.8 Å². The van der Waals surface area contributed by atoms with Gasteiger partial charge in [0.2, 0.25) is 0 Å². The van der Waals surface area contributed by atoms with Gasteiger partial charge in [0.1, 0.15) is 11.4 Å². The third kappa shape index (κ3) is 1.70. The minimum absolute atomic E-state index is 0.139. The van der Waals surface area contributed by atoms with Crippen LogP contribution in [0, 0.1) is 0 Å². The molecule has 2 atom stereocenters. The maximum atomic E-state index is 10.7. The number of nitrogens with zero attached hydrogens (tertiary/aromatic N) is 1. The van der Waals surface area contributed by atoms with E-state index < -0.39 is 5.60 Å². The van der Waals surface area contributed by atoms with Gasteiger partial charge in [-0.3, -0.25) is 0 Å². The topological polar surface area (TPSA) is 32.7 Å². The van der Waals surface area contributed by atoms with Crippen molar-refractivity contribution in [3.8, 4) is 5.75 Å². The van der Waals surface area contributed by atoms with Crippen LogP contribution in [0.2, 0.25) is 0 Å². The van der Waals surface area contributed by atoms with Gasteiger partial charge in [0, 0.05) is 12.6 Å². The smallest absolute Gasteiger partial charge is 0.119 e. The molecule has 0 saturated carbocycles. The Morgan fingerprint density at radius 3 is 2.81 bits per heavy atom. The summed E-state index contributed by atoms with van der Waals surface area (Å²) < 4.78 is 5.20. The molecule has 1 aliphatic rings. The number of methoxy groups -OCH3 is 1. The number of benzene rings is 1. The highest BCUT2D eigenvalue weighted by Gasteiger charge is 2.43. The van der Waals surface area contributed by atoms with Gasteiger partial charge in [0.25, 0.3) is 0 Å². The van der Waals surface area contributed by atoms with Crippen molar-refractivity contribution in [1.82, 2.24) is 4.90 Å². The Morgan fingerprint density at radius 1 is 1.50 bits per heavy atom.